The topological polar surface area (TPSA) is 64.6 Å². The Hall–Kier alpha value is -1.93. The number of halogens is 1. The number of rotatable bonds is 9. The number of hydrogen-bond donors (Lipinski definition) is 1. The highest BCUT2D eigenvalue weighted by molar-refractivity contribution is 7.89. The van der Waals surface area contributed by atoms with Gasteiger partial charge in [-0.15, -0.1) is 4.31 Å². The number of methoxy groups -OCH3 is 1. The fraction of sp³-hybridized carbons (Fsp3) is 0.409. The lowest BCUT2D eigenvalue weighted by Gasteiger charge is -2.24. The van der Waals surface area contributed by atoms with Crippen LogP contribution in [0.5, 0.6) is 0 Å². The van der Waals surface area contributed by atoms with Gasteiger partial charge in [-0.2, -0.15) is 0 Å². The molecule has 0 radical (unpaired) electrons. The quantitative estimate of drug-likeness (QED) is 0.608. The van der Waals surface area contributed by atoms with Crippen molar-refractivity contribution in [1.82, 2.24) is 4.31 Å². The van der Waals surface area contributed by atoms with Crippen LogP contribution in [0.1, 0.15) is 41.3 Å². The standard InChI is InChI=1S/C22H29FN2O3S/c1-6-8-19(28-5)14-25(4)29(27)20-10-7-9-17(12-20)22(26)24-18-11-15(2)16(3)21(23)13-18/h7,9-13,19H,6,8,14H2,1-5H3,(H,24,26). The van der Waals surface area contributed by atoms with Crippen LogP contribution in [0.3, 0.4) is 0 Å². The van der Waals surface area contributed by atoms with Crippen LogP contribution in [0.2, 0.25) is 0 Å². The van der Waals surface area contributed by atoms with E-state index in [-0.39, 0.29) is 17.8 Å². The fourth-order valence-electron chi connectivity index (χ4n) is 2.98. The maximum absolute atomic E-state index is 13.9. The van der Waals surface area contributed by atoms with Crippen LogP contribution in [-0.2, 0) is 16.1 Å². The number of aryl methyl sites for hydroxylation is 1. The van der Waals surface area contributed by atoms with Crippen molar-refractivity contribution >= 4 is 23.0 Å². The van der Waals surface area contributed by atoms with Gasteiger partial charge in [0.05, 0.1) is 24.0 Å². The first-order valence-corrected chi connectivity index (χ1v) is 10.7. The van der Waals surface area contributed by atoms with Crippen molar-refractivity contribution in [2.75, 3.05) is 26.0 Å². The molecular weight excluding hydrogens is 391 g/mol. The van der Waals surface area contributed by atoms with Crippen molar-refractivity contribution in [3.8, 4) is 0 Å². The van der Waals surface area contributed by atoms with E-state index in [0.29, 0.717) is 28.3 Å². The highest BCUT2D eigenvalue weighted by Gasteiger charge is 2.23. The Morgan fingerprint density at radius 1 is 1.31 bits per heavy atom. The molecule has 2 unspecified atom stereocenters. The second kappa shape index (κ2) is 10.7. The molecule has 0 fully saturated rings. The van der Waals surface area contributed by atoms with E-state index in [1.807, 2.05) is 0 Å². The molecule has 1 amide bonds. The lowest BCUT2D eigenvalue weighted by Crippen LogP contribution is -2.35. The van der Waals surface area contributed by atoms with Gasteiger partial charge >= 0.3 is 0 Å². The van der Waals surface area contributed by atoms with E-state index in [2.05, 4.69) is 12.2 Å². The number of hydrogen-bond acceptors (Lipinski definition) is 4. The Labute approximate surface area is 175 Å². The number of ether oxygens (including phenoxy) is 1. The molecule has 0 aromatic heterocycles. The first kappa shape index (κ1) is 23.3. The summed E-state index contributed by atoms with van der Waals surface area (Å²) in [4.78, 5) is 13.1. The van der Waals surface area contributed by atoms with Gasteiger partial charge in [-0.1, -0.05) is 19.4 Å². The third-order valence-corrected chi connectivity index (χ3v) is 6.22. The van der Waals surface area contributed by atoms with Crippen LogP contribution < -0.4 is 5.32 Å². The van der Waals surface area contributed by atoms with Gasteiger partial charge in [0.25, 0.3) is 5.91 Å². The lowest BCUT2D eigenvalue weighted by atomic mass is 10.1. The Morgan fingerprint density at radius 3 is 2.66 bits per heavy atom. The van der Waals surface area contributed by atoms with Crippen LogP contribution >= 0.6 is 0 Å². The SMILES string of the molecule is CCCC(CN(C)[S+]([O-])c1cccc(C(=O)Nc2cc(C)c(C)c(F)c2)c1)OC. The predicted molar refractivity (Wildman–Crippen MR) is 115 cm³/mol. The summed E-state index contributed by atoms with van der Waals surface area (Å²) >= 11 is -1.42. The van der Waals surface area contributed by atoms with Crippen LogP contribution in [-0.4, -0.2) is 41.6 Å². The number of amides is 1. The number of likely N-dealkylation sites (N-methyl/N-ethyl adjacent to an activating group) is 1. The minimum atomic E-state index is -1.42. The summed E-state index contributed by atoms with van der Waals surface area (Å²) in [6, 6.07) is 9.68. The Bertz CT molecular complexity index is 824. The van der Waals surface area contributed by atoms with Crippen molar-refractivity contribution in [2.45, 2.75) is 44.6 Å². The first-order valence-electron chi connectivity index (χ1n) is 9.60. The molecule has 0 aliphatic heterocycles. The number of anilines is 1. The summed E-state index contributed by atoms with van der Waals surface area (Å²) in [5, 5.41) is 2.71. The van der Waals surface area contributed by atoms with Crippen LogP contribution in [0.25, 0.3) is 0 Å². The zero-order valence-corrected chi connectivity index (χ0v) is 18.4. The molecule has 0 spiro atoms. The first-order chi connectivity index (χ1) is 13.8. The number of carbonyl (C=O) groups excluding carboxylic acids is 1. The highest BCUT2D eigenvalue weighted by Crippen LogP contribution is 2.21. The molecule has 2 atom stereocenters. The smallest absolute Gasteiger partial charge is 0.255 e. The van der Waals surface area contributed by atoms with Gasteiger partial charge in [0.2, 0.25) is 0 Å². The predicted octanol–water partition coefficient (Wildman–Crippen LogP) is 4.46. The van der Waals surface area contributed by atoms with Crippen LogP contribution in [0, 0.1) is 19.7 Å². The van der Waals surface area contributed by atoms with E-state index in [9.17, 15) is 13.7 Å². The average molecular weight is 421 g/mol. The van der Waals surface area contributed by atoms with Crippen molar-refractivity contribution < 1.29 is 18.5 Å². The molecule has 158 valence electrons. The lowest BCUT2D eigenvalue weighted by molar-refractivity contribution is 0.0814. The van der Waals surface area contributed by atoms with Crippen molar-refractivity contribution in [1.29, 1.82) is 0 Å². The van der Waals surface area contributed by atoms with Gasteiger partial charge in [0, 0.05) is 31.5 Å². The molecule has 0 bridgehead atoms. The van der Waals surface area contributed by atoms with Gasteiger partial charge in [0.15, 0.2) is 4.90 Å². The van der Waals surface area contributed by atoms with E-state index < -0.39 is 11.4 Å². The van der Waals surface area contributed by atoms with Crippen LogP contribution in [0.4, 0.5) is 10.1 Å². The molecule has 29 heavy (non-hydrogen) atoms. The van der Waals surface area contributed by atoms with Crippen LogP contribution in [0.15, 0.2) is 41.3 Å². The summed E-state index contributed by atoms with van der Waals surface area (Å²) in [7, 11) is 3.42. The summed E-state index contributed by atoms with van der Waals surface area (Å²) in [6.07, 6.45) is 1.86. The van der Waals surface area contributed by atoms with E-state index in [1.165, 1.54) is 6.07 Å². The largest absolute Gasteiger partial charge is 0.593 e. The minimum Gasteiger partial charge on any atom is -0.593 e. The Balaban J connectivity index is 2.12. The molecule has 0 heterocycles. The number of nitrogens with one attached hydrogen (secondary N) is 1. The minimum absolute atomic E-state index is 0.0000969. The second-order valence-electron chi connectivity index (χ2n) is 7.09. The molecule has 1 N–H and O–H groups in total. The third-order valence-electron chi connectivity index (χ3n) is 4.85. The van der Waals surface area contributed by atoms with Gasteiger partial charge < -0.3 is 14.6 Å². The third kappa shape index (κ3) is 6.27. The molecule has 7 heteroatoms. The summed E-state index contributed by atoms with van der Waals surface area (Å²) in [5.41, 5.74) is 2.07. The molecule has 0 aliphatic rings. The second-order valence-corrected chi connectivity index (χ2v) is 8.68. The monoisotopic (exact) mass is 420 g/mol. The van der Waals surface area contributed by atoms with Crippen molar-refractivity contribution in [2.24, 2.45) is 0 Å². The van der Waals surface area contributed by atoms with Gasteiger partial charge in [-0.05, 0) is 55.7 Å². The van der Waals surface area contributed by atoms with Gasteiger partial charge in [-0.3, -0.25) is 4.79 Å². The molecule has 2 aromatic carbocycles. The van der Waals surface area contributed by atoms with Crippen molar-refractivity contribution in [3.63, 3.8) is 0 Å². The summed E-state index contributed by atoms with van der Waals surface area (Å²) in [6.45, 7) is 6.08. The number of carbonyl (C=O) groups is 1. The van der Waals surface area contributed by atoms with E-state index in [0.717, 1.165) is 18.4 Å². The maximum Gasteiger partial charge on any atom is 0.255 e. The van der Waals surface area contributed by atoms with Crippen molar-refractivity contribution in [3.05, 3.63) is 58.9 Å². The maximum atomic E-state index is 13.9. The molecular formula is C22H29FN2O3S. The summed E-state index contributed by atoms with van der Waals surface area (Å²) < 4.78 is 33.9. The van der Waals surface area contributed by atoms with E-state index >= 15 is 0 Å². The summed E-state index contributed by atoms with van der Waals surface area (Å²) in [5.74, 6) is -0.744. The van der Waals surface area contributed by atoms with Gasteiger partial charge in [0.1, 0.15) is 5.82 Å². The highest BCUT2D eigenvalue weighted by atomic mass is 32.2. The Morgan fingerprint density at radius 2 is 2.03 bits per heavy atom. The zero-order chi connectivity index (χ0) is 21.6. The fourth-order valence-corrected chi connectivity index (χ4v) is 4.06. The molecule has 0 aliphatic carbocycles. The molecule has 5 nitrogen and oxygen atoms in total. The molecule has 2 aromatic rings. The van der Waals surface area contributed by atoms with Gasteiger partial charge in [-0.25, -0.2) is 4.39 Å². The van der Waals surface area contributed by atoms with E-state index in [4.69, 9.17) is 4.74 Å². The molecule has 2 rings (SSSR count). The molecule has 0 saturated carbocycles. The van der Waals surface area contributed by atoms with E-state index in [1.54, 1.807) is 62.6 Å². The number of nitrogens with zero attached hydrogens (tertiary/aromatic N) is 1. The zero-order valence-electron chi connectivity index (χ0n) is 17.6. The molecule has 0 saturated heterocycles. The normalized spacial score (nSPS) is 13.4. The Kier molecular flexibility index (Phi) is 8.64. The average Bonchev–Trinajstić information content (AvgIpc) is 2.70. The number of benzene rings is 2.